The summed E-state index contributed by atoms with van der Waals surface area (Å²) in [4.78, 5) is 2.61. The first kappa shape index (κ1) is 11.6. The van der Waals surface area contributed by atoms with Crippen molar-refractivity contribution in [3.05, 3.63) is 35.9 Å². The van der Waals surface area contributed by atoms with Crippen molar-refractivity contribution >= 4 is 0 Å². The van der Waals surface area contributed by atoms with Crippen molar-refractivity contribution < 1.29 is 0 Å². The van der Waals surface area contributed by atoms with E-state index < -0.39 is 0 Å². The largest absolute Gasteiger partial charge is 0.315 e. The summed E-state index contributed by atoms with van der Waals surface area (Å²) in [5, 5.41) is 3.54. The normalized spacial score (nSPS) is 23.3. The fourth-order valence-electron chi connectivity index (χ4n) is 2.50. The third kappa shape index (κ3) is 2.63. The molecule has 1 fully saturated rings. The topological polar surface area (TPSA) is 15.3 Å². The molecule has 0 spiro atoms. The molecule has 0 radical (unpaired) electrons. The summed E-state index contributed by atoms with van der Waals surface area (Å²) in [5.74, 6) is 0. The van der Waals surface area contributed by atoms with E-state index in [4.69, 9.17) is 0 Å². The Morgan fingerprint density at radius 3 is 2.69 bits per heavy atom. The SMILES string of the molecule is CC(C)N1CCCNCC1c1ccccc1. The first-order valence-electron chi connectivity index (χ1n) is 6.30. The highest BCUT2D eigenvalue weighted by molar-refractivity contribution is 5.20. The molecule has 1 aromatic carbocycles. The van der Waals surface area contributed by atoms with E-state index in [0.29, 0.717) is 12.1 Å². The third-order valence-corrected chi connectivity index (χ3v) is 3.36. The maximum Gasteiger partial charge on any atom is 0.0475 e. The lowest BCUT2D eigenvalue weighted by Gasteiger charge is -2.33. The van der Waals surface area contributed by atoms with E-state index in [9.17, 15) is 0 Å². The van der Waals surface area contributed by atoms with Crippen molar-refractivity contribution in [2.24, 2.45) is 0 Å². The predicted octanol–water partition coefficient (Wildman–Crippen LogP) is 2.43. The summed E-state index contributed by atoms with van der Waals surface area (Å²) in [7, 11) is 0. The van der Waals surface area contributed by atoms with Gasteiger partial charge in [0.05, 0.1) is 0 Å². The summed E-state index contributed by atoms with van der Waals surface area (Å²) in [6, 6.07) is 12.0. The van der Waals surface area contributed by atoms with Crippen molar-refractivity contribution in [3.63, 3.8) is 0 Å². The predicted molar refractivity (Wildman–Crippen MR) is 68.5 cm³/mol. The van der Waals surface area contributed by atoms with E-state index in [0.717, 1.165) is 13.1 Å². The minimum absolute atomic E-state index is 0.531. The summed E-state index contributed by atoms with van der Waals surface area (Å²) in [5.41, 5.74) is 1.44. The number of nitrogens with zero attached hydrogens (tertiary/aromatic N) is 1. The Bertz CT molecular complexity index is 308. The molecule has 1 N–H and O–H groups in total. The van der Waals surface area contributed by atoms with Crippen LogP contribution in [0.1, 0.15) is 31.9 Å². The van der Waals surface area contributed by atoms with Crippen molar-refractivity contribution in [2.45, 2.75) is 32.4 Å². The Balaban J connectivity index is 2.21. The number of hydrogen-bond donors (Lipinski definition) is 1. The Morgan fingerprint density at radius 1 is 1.25 bits per heavy atom. The molecule has 0 bridgehead atoms. The molecule has 1 aliphatic rings. The van der Waals surface area contributed by atoms with E-state index in [-0.39, 0.29) is 0 Å². The van der Waals surface area contributed by atoms with Gasteiger partial charge in [0.25, 0.3) is 0 Å². The lowest BCUT2D eigenvalue weighted by Crippen LogP contribution is -2.37. The highest BCUT2D eigenvalue weighted by Crippen LogP contribution is 2.23. The lowest BCUT2D eigenvalue weighted by atomic mass is 10.0. The van der Waals surface area contributed by atoms with Gasteiger partial charge >= 0.3 is 0 Å². The Morgan fingerprint density at radius 2 is 2.00 bits per heavy atom. The maximum absolute atomic E-state index is 3.54. The molecule has 2 heteroatoms. The fourth-order valence-corrected chi connectivity index (χ4v) is 2.50. The molecule has 2 rings (SSSR count). The van der Waals surface area contributed by atoms with Crippen LogP contribution in [0.3, 0.4) is 0 Å². The van der Waals surface area contributed by atoms with Gasteiger partial charge in [-0.15, -0.1) is 0 Å². The van der Waals surface area contributed by atoms with E-state index >= 15 is 0 Å². The van der Waals surface area contributed by atoms with Crippen LogP contribution in [0.5, 0.6) is 0 Å². The zero-order chi connectivity index (χ0) is 11.4. The standard InChI is InChI=1S/C14H22N2/c1-12(2)16-10-6-9-15-11-14(16)13-7-4-3-5-8-13/h3-5,7-8,12,14-15H,6,9-11H2,1-2H3. The van der Waals surface area contributed by atoms with E-state index in [1.54, 1.807) is 0 Å². The van der Waals surface area contributed by atoms with Crippen LogP contribution in [-0.2, 0) is 0 Å². The lowest BCUT2D eigenvalue weighted by molar-refractivity contribution is 0.165. The molecule has 1 unspecified atom stereocenters. The van der Waals surface area contributed by atoms with Crippen LogP contribution >= 0.6 is 0 Å². The minimum atomic E-state index is 0.531. The molecule has 16 heavy (non-hydrogen) atoms. The maximum atomic E-state index is 3.54. The summed E-state index contributed by atoms with van der Waals surface area (Å²) in [6.07, 6.45) is 1.25. The van der Waals surface area contributed by atoms with Gasteiger partial charge in [-0.05, 0) is 32.4 Å². The first-order chi connectivity index (χ1) is 7.79. The van der Waals surface area contributed by atoms with E-state index in [1.165, 1.54) is 18.5 Å². The fraction of sp³-hybridized carbons (Fsp3) is 0.571. The van der Waals surface area contributed by atoms with Gasteiger partial charge in [-0.2, -0.15) is 0 Å². The van der Waals surface area contributed by atoms with Gasteiger partial charge in [0.1, 0.15) is 0 Å². The third-order valence-electron chi connectivity index (χ3n) is 3.36. The number of rotatable bonds is 2. The molecule has 2 nitrogen and oxygen atoms in total. The molecule has 1 aromatic rings. The quantitative estimate of drug-likeness (QED) is 0.820. The second kappa shape index (κ2) is 5.46. The van der Waals surface area contributed by atoms with Gasteiger partial charge in [-0.1, -0.05) is 30.3 Å². The summed E-state index contributed by atoms with van der Waals surface area (Å²) < 4.78 is 0. The van der Waals surface area contributed by atoms with E-state index in [1.807, 2.05) is 0 Å². The monoisotopic (exact) mass is 218 g/mol. The van der Waals surface area contributed by atoms with Crippen LogP contribution in [0.25, 0.3) is 0 Å². The molecule has 0 amide bonds. The Kier molecular flexibility index (Phi) is 3.97. The van der Waals surface area contributed by atoms with Crippen LogP contribution in [-0.4, -0.2) is 30.6 Å². The van der Waals surface area contributed by atoms with Gasteiger partial charge in [0.2, 0.25) is 0 Å². The zero-order valence-corrected chi connectivity index (χ0v) is 10.3. The van der Waals surface area contributed by atoms with E-state index in [2.05, 4.69) is 54.4 Å². The van der Waals surface area contributed by atoms with Crippen LogP contribution in [0, 0.1) is 0 Å². The van der Waals surface area contributed by atoms with Crippen LogP contribution in [0.4, 0.5) is 0 Å². The second-order valence-corrected chi connectivity index (χ2v) is 4.82. The van der Waals surface area contributed by atoms with Gasteiger partial charge in [0.15, 0.2) is 0 Å². The zero-order valence-electron chi connectivity index (χ0n) is 10.3. The van der Waals surface area contributed by atoms with Crippen molar-refractivity contribution in [1.29, 1.82) is 0 Å². The Labute approximate surface area is 98.7 Å². The van der Waals surface area contributed by atoms with Crippen LogP contribution in [0.2, 0.25) is 0 Å². The van der Waals surface area contributed by atoms with Crippen LogP contribution in [0.15, 0.2) is 30.3 Å². The van der Waals surface area contributed by atoms with Crippen molar-refractivity contribution in [3.8, 4) is 0 Å². The molecule has 1 saturated heterocycles. The summed E-state index contributed by atoms with van der Waals surface area (Å²) >= 11 is 0. The van der Waals surface area contributed by atoms with Gasteiger partial charge in [-0.3, -0.25) is 4.90 Å². The van der Waals surface area contributed by atoms with Crippen molar-refractivity contribution in [2.75, 3.05) is 19.6 Å². The van der Waals surface area contributed by atoms with Gasteiger partial charge in [-0.25, -0.2) is 0 Å². The van der Waals surface area contributed by atoms with Gasteiger partial charge in [0, 0.05) is 25.2 Å². The molecule has 1 aliphatic heterocycles. The molecule has 0 aromatic heterocycles. The molecule has 88 valence electrons. The van der Waals surface area contributed by atoms with Crippen molar-refractivity contribution in [1.82, 2.24) is 10.2 Å². The molecule has 0 aliphatic carbocycles. The van der Waals surface area contributed by atoms with Crippen LogP contribution < -0.4 is 5.32 Å². The van der Waals surface area contributed by atoms with Gasteiger partial charge < -0.3 is 5.32 Å². The molecular formula is C14H22N2. The molecular weight excluding hydrogens is 196 g/mol. The number of benzene rings is 1. The highest BCUT2D eigenvalue weighted by atomic mass is 15.2. The first-order valence-corrected chi connectivity index (χ1v) is 6.30. The summed E-state index contributed by atoms with van der Waals surface area (Å²) in [6.45, 7) is 8.00. The smallest absolute Gasteiger partial charge is 0.0475 e. The Hall–Kier alpha value is -0.860. The number of hydrogen-bond acceptors (Lipinski definition) is 2. The average molecular weight is 218 g/mol. The molecule has 1 heterocycles. The number of nitrogens with one attached hydrogen (secondary N) is 1. The molecule has 1 atom stereocenters. The second-order valence-electron chi connectivity index (χ2n) is 4.82. The minimum Gasteiger partial charge on any atom is -0.315 e. The average Bonchev–Trinajstić information content (AvgIpc) is 2.55. The highest BCUT2D eigenvalue weighted by Gasteiger charge is 2.23. The molecule has 0 saturated carbocycles.